The zero-order chi connectivity index (χ0) is 19.4. The van der Waals surface area contributed by atoms with Crippen molar-refractivity contribution in [1.29, 1.82) is 0 Å². The molecule has 1 heterocycles. The van der Waals surface area contributed by atoms with Crippen LogP contribution in [-0.4, -0.2) is 38.8 Å². The van der Waals surface area contributed by atoms with Gasteiger partial charge in [0.1, 0.15) is 5.82 Å². The summed E-state index contributed by atoms with van der Waals surface area (Å²) in [6.45, 7) is 2.28. The van der Waals surface area contributed by atoms with E-state index in [1.165, 1.54) is 21.7 Å². The summed E-state index contributed by atoms with van der Waals surface area (Å²) in [6.07, 6.45) is 0. The summed E-state index contributed by atoms with van der Waals surface area (Å²) in [5, 5.41) is 13.7. The van der Waals surface area contributed by atoms with Crippen molar-refractivity contribution in [3.8, 4) is 0 Å². The van der Waals surface area contributed by atoms with Crippen LogP contribution in [0.2, 0.25) is 0 Å². The van der Waals surface area contributed by atoms with Crippen LogP contribution in [-0.2, 0) is 13.1 Å². The summed E-state index contributed by atoms with van der Waals surface area (Å²) < 4.78 is 15.2. The molecular formula is C20H20FN3O3. The molecule has 7 heteroatoms. The number of amides is 1. The van der Waals surface area contributed by atoms with Crippen molar-refractivity contribution in [2.75, 3.05) is 13.2 Å². The number of hydrogen-bond donors (Lipinski definition) is 1. The minimum atomic E-state index is -0.616. The van der Waals surface area contributed by atoms with E-state index in [0.717, 1.165) is 11.6 Å². The highest BCUT2D eigenvalue weighted by Gasteiger charge is 2.23. The van der Waals surface area contributed by atoms with Crippen LogP contribution in [0.4, 0.5) is 4.39 Å². The van der Waals surface area contributed by atoms with E-state index < -0.39 is 17.2 Å². The lowest BCUT2D eigenvalue weighted by Gasteiger charge is -2.22. The molecule has 0 aliphatic heterocycles. The van der Waals surface area contributed by atoms with Gasteiger partial charge in [0, 0.05) is 19.6 Å². The van der Waals surface area contributed by atoms with Crippen LogP contribution < -0.4 is 5.43 Å². The van der Waals surface area contributed by atoms with E-state index in [4.69, 9.17) is 0 Å². The number of benzene rings is 2. The summed E-state index contributed by atoms with van der Waals surface area (Å²) in [5.74, 6) is -1.14. The Balaban J connectivity index is 2.07. The SMILES string of the molecule is CCn1nc(C(=O)N(CCO)Cc2ccccc2)c(=O)c2cc(F)ccc21. The van der Waals surface area contributed by atoms with Crippen LogP contribution in [0.25, 0.3) is 10.9 Å². The minimum Gasteiger partial charge on any atom is -0.395 e. The summed E-state index contributed by atoms with van der Waals surface area (Å²) in [6, 6.07) is 13.1. The lowest BCUT2D eigenvalue weighted by molar-refractivity contribution is 0.0698. The van der Waals surface area contributed by atoms with Gasteiger partial charge >= 0.3 is 0 Å². The van der Waals surface area contributed by atoms with Crippen molar-refractivity contribution in [3.05, 3.63) is 75.8 Å². The summed E-state index contributed by atoms with van der Waals surface area (Å²) >= 11 is 0. The third kappa shape index (κ3) is 3.88. The van der Waals surface area contributed by atoms with Crippen LogP contribution in [0.1, 0.15) is 23.0 Å². The standard InChI is InChI=1S/C20H20FN3O3/c1-2-24-17-9-8-15(21)12-16(17)19(26)18(22-24)20(27)23(10-11-25)13-14-6-4-3-5-7-14/h3-9,12,25H,2,10-11,13H2,1H3. The van der Waals surface area contributed by atoms with Gasteiger partial charge in [-0.05, 0) is 30.7 Å². The first kappa shape index (κ1) is 18.7. The summed E-state index contributed by atoms with van der Waals surface area (Å²) in [5.41, 5.74) is 0.439. The van der Waals surface area contributed by atoms with E-state index in [-0.39, 0.29) is 30.8 Å². The van der Waals surface area contributed by atoms with Gasteiger partial charge in [0.25, 0.3) is 5.91 Å². The third-order valence-electron chi connectivity index (χ3n) is 4.29. The van der Waals surface area contributed by atoms with E-state index in [2.05, 4.69) is 5.10 Å². The normalized spacial score (nSPS) is 10.9. The minimum absolute atomic E-state index is 0.0577. The van der Waals surface area contributed by atoms with E-state index in [9.17, 15) is 19.1 Å². The quantitative estimate of drug-likeness (QED) is 0.723. The van der Waals surface area contributed by atoms with Gasteiger partial charge in [0.15, 0.2) is 5.69 Å². The van der Waals surface area contributed by atoms with Crippen molar-refractivity contribution in [2.45, 2.75) is 20.0 Å². The molecule has 1 N–H and O–H groups in total. The largest absolute Gasteiger partial charge is 0.395 e. The molecule has 140 valence electrons. The van der Waals surface area contributed by atoms with Crippen molar-refractivity contribution < 1.29 is 14.3 Å². The number of nitrogens with zero attached hydrogens (tertiary/aromatic N) is 3. The first-order valence-electron chi connectivity index (χ1n) is 8.69. The Kier molecular flexibility index (Phi) is 5.61. The van der Waals surface area contributed by atoms with Crippen molar-refractivity contribution >= 4 is 16.8 Å². The first-order chi connectivity index (χ1) is 13.0. The van der Waals surface area contributed by atoms with E-state index in [1.54, 1.807) is 0 Å². The highest BCUT2D eigenvalue weighted by atomic mass is 19.1. The van der Waals surface area contributed by atoms with Gasteiger partial charge in [-0.3, -0.25) is 14.3 Å². The maximum Gasteiger partial charge on any atom is 0.278 e. The molecule has 1 aromatic heterocycles. The number of carbonyl (C=O) groups excluding carboxylic acids is 1. The molecule has 0 unspecified atom stereocenters. The van der Waals surface area contributed by atoms with E-state index in [1.807, 2.05) is 37.3 Å². The fourth-order valence-electron chi connectivity index (χ4n) is 2.97. The zero-order valence-electron chi connectivity index (χ0n) is 14.9. The molecule has 0 saturated carbocycles. The molecule has 2 aromatic carbocycles. The monoisotopic (exact) mass is 369 g/mol. The second kappa shape index (κ2) is 8.09. The fraction of sp³-hybridized carbons (Fsp3) is 0.250. The Bertz CT molecular complexity index is 1020. The van der Waals surface area contributed by atoms with Crippen LogP contribution in [0.5, 0.6) is 0 Å². The number of rotatable bonds is 6. The van der Waals surface area contributed by atoms with Gasteiger partial charge in [-0.1, -0.05) is 30.3 Å². The van der Waals surface area contributed by atoms with Crippen LogP contribution in [0.3, 0.4) is 0 Å². The van der Waals surface area contributed by atoms with Crippen LogP contribution >= 0.6 is 0 Å². The van der Waals surface area contributed by atoms with Gasteiger partial charge < -0.3 is 10.0 Å². The maximum atomic E-state index is 13.7. The molecule has 6 nitrogen and oxygen atoms in total. The molecule has 3 rings (SSSR count). The molecule has 0 aliphatic carbocycles. The molecule has 0 fully saturated rings. The highest BCUT2D eigenvalue weighted by Crippen LogP contribution is 2.14. The smallest absolute Gasteiger partial charge is 0.278 e. The number of aliphatic hydroxyl groups excluding tert-OH is 1. The average molecular weight is 369 g/mol. The number of aryl methyl sites for hydroxylation is 1. The van der Waals surface area contributed by atoms with Crippen molar-refractivity contribution in [1.82, 2.24) is 14.7 Å². The Morgan fingerprint density at radius 3 is 2.63 bits per heavy atom. The zero-order valence-corrected chi connectivity index (χ0v) is 14.9. The van der Waals surface area contributed by atoms with E-state index in [0.29, 0.717) is 12.1 Å². The highest BCUT2D eigenvalue weighted by molar-refractivity contribution is 5.95. The molecule has 0 atom stereocenters. The van der Waals surface area contributed by atoms with Gasteiger partial charge in [-0.15, -0.1) is 0 Å². The van der Waals surface area contributed by atoms with Gasteiger partial charge in [0.2, 0.25) is 5.43 Å². The summed E-state index contributed by atoms with van der Waals surface area (Å²) in [4.78, 5) is 27.2. The summed E-state index contributed by atoms with van der Waals surface area (Å²) in [7, 11) is 0. The molecule has 27 heavy (non-hydrogen) atoms. The Hall–Kier alpha value is -3.06. The lowest BCUT2D eigenvalue weighted by atomic mass is 10.1. The van der Waals surface area contributed by atoms with Crippen LogP contribution in [0.15, 0.2) is 53.3 Å². The maximum absolute atomic E-state index is 13.7. The number of carbonyl (C=O) groups is 1. The number of halogens is 1. The molecule has 0 radical (unpaired) electrons. The van der Waals surface area contributed by atoms with Crippen molar-refractivity contribution in [3.63, 3.8) is 0 Å². The molecule has 0 saturated heterocycles. The predicted molar refractivity (Wildman–Crippen MR) is 99.9 cm³/mol. The van der Waals surface area contributed by atoms with Gasteiger partial charge in [-0.25, -0.2) is 4.39 Å². The first-order valence-corrected chi connectivity index (χ1v) is 8.69. The van der Waals surface area contributed by atoms with E-state index >= 15 is 0 Å². The second-order valence-electron chi connectivity index (χ2n) is 6.09. The average Bonchev–Trinajstić information content (AvgIpc) is 2.68. The number of hydrogen-bond acceptors (Lipinski definition) is 4. The molecular weight excluding hydrogens is 349 g/mol. The fourth-order valence-corrected chi connectivity index (χ4v) is 2.97. The Labute approximate surface area is 155 Å². The number of aliphatic hydroxyl groups is 1. The lowest BCUT2D eigenvalue weighted by Crippen LogP contribution is -2.37. The molecule has 0 spiro atoms. The Morgan fingerprint density at radius 2 is 1.96 bits per heavy atom. The molecule has 0 bridgehead atoms. The predicted octanol–water partition coefficient (Wildman–Crippen LogP) is 2.19. The number of aromatic nitrogens is 2. The topological polar surface area (TPSA) is 75.4 Å². The third-order valence-corrected chi connectivity index (χ3v) is 4.29. The Morgan fingerprint density at radius 1 is 1.22 bits per heavy atom. The van der Waals surface area contributed by atoms with Crippen molar-refractivity contribution in [2.24, 2.45) is 0 Å². The molecule has 0 aliphatic rings. The molecule has 3 aromatic rings. The number of fused-ring (bicyclic) bond motifs is 1. The van der Waals surface area contributed by atoms with Gasteiger partial charge in [-0.2, -0.15) is 5.10 Å². The van der Waals surface area contributed by atoms with Crippen LogP contribution in [0, 0.1) is 5.82 Å². The van der Waals surface area contributed by atoms with Gasteiger partial charge in [0.05, 0.1) is 17.5 Å². The second-order valence-corrected chi connectivity index (χ2v) is 6.09. The molecule has 1 amide bonds.